The summed E-state index contributed by atoms with van der Waals surface area (Å²) in [4.78, 5) is 12.0. The van der Waals surface area contributed by atoms with Gasteiger partial charge in [-0.05, 0) is 29.8 Å². The van der Waals surface area contributed by atoms with E-state index in [0.29, 0.717) is 5.75 Å². The third-order valence-electron chi connectivity index (χ3n) is 3.08. The third kappa shape index (κ3) is 2.12. The molecule has 0 aromatic heterocycles. The molecule has 0 fully saturated rings. The van der Waals surface area contributed by atoms with Gasteiger partial charge in [0.25, 0.3) is 0 Å². The number of carbonyl (C=O) groups excluding carboxylic acids is 1. The molecule has 0 unspecified atom stereocenters. The minimum absolute atomic E-state index is 0.302. The number of hydrogen-bond acceptors (Lipinski definition) is 4. The average molecular weight is 255 g/mol. The second-order valence-corrected chi connectivity index (χ2v) is 4.27. The SMILES string of the molecule is COc1ccc([C@@H]2Nc3ccccc3OC2=O)cc1. The van der Waals surface area contributed by atoms with Crippen molar-refractivity contribution in [3.63, 3.8) is 0 Å². The molecule has 0 spiro atoms. The molecular weight excluding hydrogens is 242 g/mol. The number of hydrogen-bond donors (Lipinski definition) is 1. The van der Waals surface area contributed by atoms with Gasteiger partial charge in [0.05, 0.1) is 12.8 Å². The average Bonchev–Trinajstić information content (AvgIpc) is 2.47. The highest BCUT2D eigenvalue weighted by atomic mass is 16.5. The summed E-state index contributed by atoms with van der Waals surface area (Å²) in [6, 6.07) is 14.3. The van der Waals surface area contributed by atoms with E-state index in [1.54, 1.807) is 13.2 Å². The maximum Gasteiger partial charge on any atom is 0.338 e. The number of para-hydroxylation sites is 2. The highest BCUT2D eigenvalue weighted by Gasteiger charge is 2.28. The molecule has 4 nitrogen and oxygen atoms in total. The van der Waals surface area contributed by atoms with Crippen LogP contribution in [0.25, 0.3) is 0 Å². The molecule has 0 amide bonds. The molecule has 1 N–H and O–H groups in total. The van der Waals surface area contributed by atoms with Gasteiger partial charge < -0.3 is 14.8 Å². The minimum atomic E-state index is -0.485. The van der Waals surface area contributed by atoms with Gasteiger partial charge in [0.2, 0.25) is 0 Å². The van der Waals surface area contributed by atoms with Gasteiger partial charge in [0, 0.05) is 0 Å². The van der Waals surface area contributed by atoms with Gasteiger partial charge in [-0.1, -0.05) is 24.3 Å². The minimum Gasteiger partial charge on any atom is -0.497 e. The topological polar surface area (TPSA) is 47.6 Å². The van der Waals surface area contributed by atoms with E-state index in [-0.39, 0.29) is 5.97 Å². The second kappa shape index (κ2) is 4.65. The number of methoxy groups -OCH3 is 1. The number of benzene rings is 2. The Labute approximate surface area is 111 Å². The van der Waals surface area contributed by atoms with Crippen LogP contribution in [0, 0.1) is 0 Å². The van der Waals surface area contributed by atoms with Crippen LogP contribution in [-0.4, -0.2) is 13.1 Å². The van der Waals surface area contributed by atoms with Crippen LogP contribution >= 0.6 is 0 Å². The van der Waals surface area contributed by atoms with Crippen molar-refractivity contribution in [1.82, 2.24) is 0 Å². The Morgan fingerprint density at radius 3 is 2.58 bits per heavy atom. The van der Waals surface area contributed by atoms with Crippen LogP contribution in [0.4, 0.5) is 5.69 Å². The van der Waals surface area contributed by atoms with Gasteiger partial charge in [-0.2, -0.15) is 0 Å². The van der Waals surface area contributed by atoms with Crippen LogP contribution < -0.4 is 14.8 Å². The Morgan fingerprint density at radius 2 is 1.84 bits per heavy atom. The molecule has 0 saturated heterocycles. The predicted molar refractivity (Wildman–Crippen MR) is 71.4 cm³/mol. The van der Waals surface area contributed by atoms with Crippen molar-refractivity contribution >= 4 is 11.7 Å². The van der Waals surface area contributed by atoms with Gasteiger partial charge in [0.1, 0.15) is 5.75 Å². The molecule has 2 aromatic rings. The zero-order chi connectivity index (χ0) is 13.2. The lowest BCUT2D eigenvalue weighted by Gasteiger charge is -2.25. The first-order valence-corrected chi connectivity index (χ1v) is 5.99. The van der Waals surface area contributed by atoms with Crippen molar-refractivity contribution in [1.29, 1.82) is 0 Å². The van der Waals surface area contributed by atoms with Crippen molar-refractivity contribution in [2.24, 2.45) is 0 Å². The Morgan fingerprint density at radius 1 is 1.11 bits per heavy atom. The zero-order valence-electron chi connectivity index (χ0n) is 10.4. The highest BCUT2D eigenvalue weighted by Crippen LogP contribution is 2.34. The zero-order valence-corrected chi connectivity index (χ0v) is 10.4. The van der Waals surface area contributed by atoms with Gasteiger partial charge in [-0.15, -0.1) is 0 Å². The molecular formula is C15H13NO3. The number of fused-ring (bicyclic) bond motifs is 1. The molecule has 0 bridgehead atoms. The van der Waals surface area contributed by atoms with E-state index in [1.165, 1.54) is 0 Å². The van der Waals surface area contributed by atoms with Gasteiger partial charge in [0.15, 0.2) is 11.8 Å². The lowest BCUT2D eigenvalue weighted by Crippen LogP contribution is -2.29. The van der Waals surface area contributed by atoms with E-state index in [9.17, 15) is 4.79 Å². The quantitative estimate of drug-likeness (QED) is 0.662. The number of esters is 1. The summed E-state index contributed by atoms with van der Waals surface area (Å²) in [6.07, 6.45) is 0. The fraction of sp³-hybridized carbons (Fsp3) is 0.133. The molecule has 0 radical (unpaired) electrons. The number of rotatable bonds is 2. The van der Waals surface area contributed by atoms with Crippen LogP contribution in [-0.2, 0) is 4.79 Å². The molecule has 1 heterocycles. The molecule has 96 valence electrons. The Bertz CT molecular complexity index is 607. The molecule has 1 aliphatic rings. The summed E-state index contributed by atoms with van der Waals surface area (Å²) in [5, 5.41) is 3.19. The Hall–Kier alpha value is -2.49. The molecule has 3 rings (SSSR count). The third-order valence-corrected chi connectivity index (χ3v) is 3.08. The van der Waals surface area contributed by atoms with Crippen molar-refractivity contribution < 1.29 is 14.3 Å². The fourth-order valence-electron chi connectivity index (χ4n) is 2.07. The summed E-state index contributed by atoms with van der Waals surface area (Å²) in [7, 11) is 1.61. The number of carbonyl (C=O) groups is 1. The first kappa shape index (κ1) is 11.6. The van der Waals surface area contributed by atoms with Crippen molar-refractivity contribution in [2.75, 3.05) is 12.4 Å². The van der Waals surface area contributed by atoms with Gasteiger partial charge in [-0.3, -0.25) is 0 Å². The number of anilines is 1. The normalized spacial score (nSPS) is 17.1. The molecule has 1 aliphatic heterocycles. The monoisotopic (exact) mass is 255 g/mol. The van der Waals surface area contributed by atoms with Gasteiger partial charge >= 0.3 is 5.97 Å². The van der Waals surface area contributed by atoms with Crippen molar-refractivity contribution in [3.05, 3.63) is 54.1 Å². The number of ether oxygens (including phenoxy) is 2. The lowest BCUT2D eigenvalue weighted by atomic mass is 10.0. The van der Waals surface area contributed by atoms with Crippen LogP contribution in [0.3, 0.4) is 0 Å². The maximum atomic E-state index is 12.0. The molecule has 4 heteroatoms. The smallest absolute Gasteiger partial charge is 0.338 e. The first-order chi connectivity index (χ1) is 9.28. The highest BCUT2D eigenvalue weighted by molar-refractivity contribution is 5.87. The van der Waals surface area contributed by atoms with Gasteiger partial charge in [-0.25, -0.2) is 4.79 Å². The summed E-state index contributed by atoms with van der Waals surface area (Å²) >= 11 is 0. The predicted octanol–water partition coefficient (Wildman–Crippen LogP) is 2.77. The van der Waals surface area contributed by atoms with E-state index < -0.39 is 6.04 Å². The Balaban J connectivity index is 1.91. The molecule has 2 aromatic carbocycles. The molecule has 19 heavy (non-hydrogen) atoms. The van der Waals surface area contributed by atoms with Crippen LogP contribution in [0.5, 0.6) is 11.5 Å². The summed E-state index contributed by atoms with van der Waals surface area (Å²) in [5.74, 6) is 1.02. The number of nitrogens with one attached hydrogen (secondary N) is 1. The second-order valence-electron chi connectivity index (χ2n) is 4.27. The van der Waals surface area contributed by atoms with Crippen LogP contribution in [0.1, 0.15) is 11.6 Å². The summed E-state index contributed by atoms with van der Waals surface area (Å²) < 4.78 is 10.4. The summed E-state index contributed by atoms with van der Waals surface area (Å²) in [6.45, 7) is 0. The van der Waals surface area contributed by atoms with E-state index in [1.807, 2.05) is 42.5 Å². The first-order valence-electron chi connectivity index (χ1n) is 5.99. The lowest BCUT2D eigenvalue weighted by molar-refractivity contribution is -0.136. The van der Waals surface area contributed by atoms with Crippen LogP contribution in [0.2, 0.25) is 0 Å². The maximum absolute atomic E-state index is 12.0. The largest absolute Gasteiger partial charge is 0.497 e. The van der Waals surface area contributed by atoms with E-state index in [4.69, 9.17) is 9.47 Å². The fourth-order valence-corrected chi connectivity index (χ4v) is 2.07. The Kier molecular flexibility index (Phi) is 2.83. The van der Waals surface area contributed by atoms with Crippen LogP contribution in [0.15, 0.2) is 48.5 Å². The molecule has 0 aliphatic carbocycles. The van der Waals surface area contributed by atoms with E-state index >= 15 is 0 Å². The molecule has 1 atom stereocenters. The van der Waals surface area contributed by atoms with E-state index in [2.05, 4.69) is 5.32 Å². The molecule has 0 saturated carbocycles. The van der Waals surface area contributed by atoms with Crippen molar-refractivity contribution in [3.8, 4) is 11.5 Å². The van der Waals surface area contributed by atoms with Crippen molar-refractivity contribution in [2.45, 2.75) is 6.04 Å². The van der Waals surface area contributed by atoms with E-state index in [0.717, 1.165) is 17.0 Å². The standard InChI is InChI=1S/C15H13NO3/c1-18-11-8-6-10(7-9-11)14-15(17)19-13-5-3-2-4-12(13)16-14/h2-9,14,16H,1H3/t14-/m0/s1. The summed E-state index contributed by atoms with van der Waals surface area (Å²) in [5.41, 5.74) is 1.67.